The van der Waals surface area contributed by atoms with E-state index in [0.29, 0.717) is 38.5 Å². The zero-order valence-corrected chi connectivity index (χ0v) is 21.7. The number of nitrogens with one attached hydrogen (secondary N) is 1. The van der Waals surface area contributed by atoms with Crippen LogP contribution in [0, 0.1) is 29.5 Å². The maximum Gasteiger partial charge on any atom is 0.236 e. The van der Waals surface area contributed by atoms with Crippen molar-refractivity contribution in [1.29, 1.82) is 5.26 Å². The molecular weight excluding hydrogens is 546 g/mol. The summed E-state index contributed by atoms with van der Waals surface area (Å²) < 4.78 is 32.5. The van der Waals surface area contributed by atoms with Gasteiger partial charge in [-0.15, -0.1) is 11.3 Å². The van der Waals surface area contributed by atoms with Crippen LogP contribution < -0.4 is 15.8 Å². The predicted molar refractivity (Wildman–Crippen MR) is 145 cm³/mol. The van der Waals surface area contributed by atoms with E-state index in [9.17, 15) is 19.1 Å². The van der Waals surface area contributed by atoms with Crippen LogP contribution in [0.3, 0.4) is 0 Å². The molecule has 0 unspecified atom stereocenters. The topological polar surface area (TPSA) is 142 Å². The Balaban J connectivity index is 1.56. The molecule has 39 heavy (non-hydrogen) atoms. The fraction of sp³-hybridized carbons (Fsp3) is 0.154. The summed E-state index contributed by atoms with van der Waals surface area (Å²) >= 11 is 2.44. The van der Waals surface area contributed by atoms with Gasteiger partial charge in [0, 0.05) is 22.8 Å². The van der Waals surface area contributed by atoms with E-state index in [4.69, 9.17) is 22.1 Å². The van der Waals surface area contributed by atoms with E-state index in [1.54, 1.807) is 29.6 Å². The second-order valence-corrected chi connectivity index (χ2v) is 9.80. The monoisotopic (exact) mass is 566 g/mol. The molecule has 0 aliphatic rings. The minimum absolute atomic E-state index is 0.0275. The molecule has 1 atom stereocenters. The molecule has 2 aromatic carbocycles. The van der Waals surface area contributed by atoms with Crippen molar-refractivity contribution in [2.45, 2.75) is 16.9 Å². The fourth-order valence-corrected chi connectivity index (χ4v) is 5.13. The molecule has 198 valence electrons. The molecule has 0 radical (unpaired) electrons. The number of benzene rings is 2. The van der Waals surface area contributed by atoms with Gasteiger partial charge in [0.15, 0.2) is 5.13 Å². The Kier molecular flexibility index (Phi) is 8.91. The molecule has 5 N–H and O–H groups in total. The molecule has 4 rings (SSSR count). The number of ether oxygens (including phenoxy) is 1. The number of thioether (sulfide) groups is 1. The zero-order chi connectivity index (χ0) is 27.9. The number of hydrogen-bond acceptors (Lipinski definition) is 10. The number of thiazole rings is 1. The highest BCUT2D eigenvalue weighted by molar-refractivity contribution is 7.98. The standard InChI is InChI=1S/C26H20F2N6O3S2/c1-31-23-22(14-2-5-18(6-3-14)37-11-17(36)10-35)19(9-29)25(34-24(23)30)38-12-16-13-39-26(32-16)33-21-7-4-15(27)8-20(21)28/h2-8,13,17,35-36H,10-12H2,(H2,30,34)(H,32,33)/t17-/m1/s1. The van der Waals surface area contributed by atoms with Crippen molar-refractivity contribution in [1.82, 2.24) is 9.97 Å². The fourth-order valence-electron chi connectivity index (χ4n) is 3.42. The number of rotatable bonds is 10. The van der Waals surface area contributed by atoms with Crippen molar-refractivity contribution < 1.29 is 23.7 Å². The van der Waals surface area contributed by atoms with E-state index in [1.807, 2.05) is 0 Å². The molecule has 4 aromatic rings. The van der Waals surface area contributed by atoms with Crippen LogP contribution >= 0.6 is 23.1 Å². The number of halogens is 2. The number of aromatic nitrogens is 2. The lowest BCUT2D eigenvalue weighted by molar-refractivity contribution is 0.0536. The predicted octanol–water partition coefficient (Wildman–Crippen LogP) is 5.26. The molecule has 0 aliphatic heterocycles. The van der Waals surface area contributed by atoms with Crippen molar-refractivity contribution in [3.8, 4) is 22.9 Å². The summed E-state index contributed by atoms with van der Waals surface area (Å²) in [4.78, 5) is 12.2. The number of hydrogen-bond donors (Lipinski definition) is 4. The van der Waals surface area contributed by atoms with Crippen LogP contribution in [0.15, 0.2) is 52.9 Å². The number of aliphatic hydroxyl groups is 2. The van der Waals surface area contributed by atoms with Gasteiger partial charge in [0.1, 0.15) is 47.0 Å². The first kappa shape index (κ1) is 27.8. The normalized spacial score (nSPS) is 11.4. The van der Waals surface area contributed by atoms with Gasteiger partial charge in [0.2, 0.25) is 5.69 Å². The van der Waals surface area contributed by atoms with Crippen LogP contribution in [-0.2, 0) is 5.75 Å². The largest absolute Gasteiger partial charge is 0.491 e. The summed E-state index contributed by atoms with van der Waals surface area (Å²) in [7, 11) is 0. The molecule has 0 saturated carbocycles. The van der Waals surface area contributed by atoms with Crippen molar-refractivity contribution >= 4 is 45.4 Å². The number of pyridine rings is 1. The molecule has 2 heterocycles. The highest BCUT2D eigenvalue weighted by atomic mass is 32.2. The van der Waals surface area contributed by atoms with E-state index in [-0.39, 0.29) is 29.4 Å². The maximum atomic E-state index is 14.0. The number of nitrogens with zero attached hydrogens (tertiary/aromatic N) is 4. The number of nitrogen functional groups attached to an aromatic ring is 1. The Hall–Kier alpha value is -4.27. The van der Waals surface area contributed by atoms with Gasteiger partial charge in [-0.1, -0.05) is 23.9 Å². The second-order valence-electron chi connectivity index (χ2n) is 7.98. The summed E-state index contributed by atoms with van der Waals surface area (Å²) in [5, 5.41) is 33.7. The first-order valence-corrected chi connectivity index (χ1v) is 13.1. The summed E-state index contributed by atoms with van der Waals surface area (Å²) in [5.41, 5.74) is 7.90. The van der Waals surface area contributed by atoms with Crippen LogP contribution in [0.25, 0.3) is 16.0 Å². The highest BCUT2D eigenvalue weighted by Crippen LogP contribution is 2.42. The van der Waals surface area contributed by atoms with E-state index in [0.717, 1.165) is 12.1 Å². The van der Waals surface area contributed by atoms with Gasteiger partial charge in [0.25, 0.3) is 0 Å². The first-order chi connectivity index (χ1) is 18.8. The Labute approximate surface area is 230 Å². The molecule has 0 fully saturated rings. The molecule has 0 bridgehead atoms. The van der Waals surface area contributed by atoms with Gasteiger partial charge in [-0.3, -0.25) is 0 Å². The Morgan fingerprint density at radius 1 is 1.23 bits per heavy atom. The molecule has 0 saturated heterocycles. The van der Waals surface area contributed by atoms with Crippen LogP contribution in [0.2, 0.25) is 0 Å². The third kappa shape index (κ3) is 6.60. The third-order valence-electron chi connectivity index (χ3n) is 5.27. The van der Waals surface area contributed by atoms with Crippen molar-refractivity contribution in [3.05, 3.63) is 82.2 Å². The van der Waals surface area contributed by atoms with Gasteiger partial charge in [-0.2, -0.15) is 5.26 Å². The summed E-state index contributed by atoms with van der Waals surface area (Å²) in [5.74, 6) is -0.712. The van der Waals surface area contributed by atoms with Crippen LogP contribution in [0.1, 0.15) is 11.3 Å². The first-order valence-electron chi connectivity index (χ1n) is 11.2. The lowest BCUT2D eigenvalue weighted by Crippen LogP contribution is -2.21. The number of nitriles is 1. The lowest BCUT2D eigenvalue weighted by Gasteiger charge is -2.14. The smallest absolute Gasteiger partial charge is 0.236 e. The lowest BCUT2D eigenvalue weighted by atomic mass is 10.00. The highest BCUT2D eigenvalue weighted by Gasteiger charge is 2.21. The Morgan fingerprint density at radius 2 is 2.00 bits per heavy atom. The van der Waals surface area contributed by atoms with Crippen molar-refractivity contribution in [2.75, 3.05) is 24.3 Å². The van der Waals surface area contributed by atoms with Gasteiger partial charge >= 0.3 is 0 Å². The second kappa shape index (κ2) is 12.5. The van der Waals surface area contributed by atoms with Crippen molar-refractivity contribution in [2.24, 2.45) is 0 Å². The van der Waals surface area contributed by atoms with Crippen LogP contribution in [0.5, 0.6) is 5.75 Å². The zero-order valence-electron chi connectivity index (χ0n) is 20.1. The molecule has 9 nitrogen and oxygen atoms in total. The van der Waals surface area contributed by atoms with Crippen LogP contribution in [0.4, 0.5) is 31.1 Å². The van der Waals surface area contributed by atoms with Gasteiger partial charge in [0.05, 0.1) is 30.1 Å². The van der Waals surface area contributed by atoms with E-state index < -0.39 is 24.3 Å². The van der Waals surface area contributed by atoms with Gasteiger partial charge < -0.3 is 26.0 Å². The Bertz CT molecular complexity index is 1570. The molecule has 13 heteroatoms. The van der Waals surface area contributed by atoms with E-state index >= 15 is 0 Å². The van der Waals surface area contributed by atoms with E-state index in [2.05, 4.69) is 26.2 Å². The van der Waals surface area contributed by atoms with E-state index in [1.165, 1.54) is 29.2 Å². The average Bonchev–Trinajstić information content (AvgIpc) is 3.39. The molecule has 0 spiro atoms. The number of aliphatic hydroxyl groups excluding tert-OH is 2. The molecule has 2 aromatic heterocycles. The van der Waals surface area contributed by atoms with Gasteiger partial charge in [-0.25, -0.2) is 23.6 Å². The summed E-state index contributed by atoms with van der Waals surface area (Å²) in [6.07, 6.45) is -1.02. The minimum Gasteiger partial charge on any atom is -0.491 e. The van der Waals surface area contributed by atoms with Crippen molar-refractivity contribution in [3.63, 3.8) is 0 Å². The number of anilines is 3. The third-order valence-corrected chi connectivity index (χ3v) is 7.08. The minimum atomic E-state index is -1.02. The number of nitrogens with two attached hydrogens (primary N) is 1. The maximum absolute atomic E-state index is 14.0. The quantitative estimate of drug-likeness (QED) is 0.149. The van der Waals surface area contributed by atoms with Crippen LogP contribution in [-0.4, -0.2) is 39.5 Å². The van der Waals surface area contributed by atoms with Gasteiger partial charge in [-0.05, 0) is 29.8 Å². The Morgan fingerprint density at radius 3 is 2.67 bits per heavy atom. The summed E-state index contributed by atoms with van der Waals surface area (Å²) in [6, 6.07) is 11.9. The molecule has 0 aliphatic carbocycles. The average molecular weight is 567 g/mol. The SMILES string of the molecule is [C-]#[N+]c1c(N)nc(SCc2csc(Nc3ccc(F)cc3F)n2)c(C#N)c1-c1ccc(OC[C@H](O)CO)cc1. The summed E-state index contributed by atoms with van der Waals surface area (Å²) in [6.45, 7) is 7.08. The molecule has 0 amide bonds. The molecular formula is C26H20F2N6O3S2.